The van der Waals surface area contributed by atoms with Crippen molar-refractivity contribution in [2.75, 3.05) is 5.32 Å². The van der Waals surface area contributed by atoms with Crippen LogP contribution >= 0.6 is 0 Å². The molecule has 1 amide bonds. The van der Waals surface area contributed by atoms with Crippen molar-refractivity contribution in [2.45, 2.75) is 47.0 Å². The van der Waals surface area contributed by atoms with Crippen LogP contribution in [0.2, 0.25) is 0 Å². The van der Waals surface area contributed by atoms with Crippen LogP contribution in [0.4, 0.5) is 5.82 Å². The van der Waals surface area contributed by atoms with Gasteiger partial charge in [0.2, 0.25) is 5.91 Å². The predicted octanol–water partition coefficient (Wildman–Crippen LogP) is 2.61. The van der Waals surface area contributed by atoms with Crippen molar-refractivity contribution in [3.8, 4) is 0 Å². The number of carboxylic acids is 1. The third-order valence-electron chi connectivity index (χ3n) is 3.78. The highest BCUT2D eigenvalue weighted by molar-refractivity contribution is 5.93. The molecular formula is C14H23N3O3. The van der Waals surface area contributed by atoms with Crippen LogP contribution in [-0.4, -0.2) is 27.2 Å². The maximum absolute atomic E-state index is 12.0. The normalized spacial score (nSPS) is 14.3. The lowest BCUT2D eigenvalue weighted by Crippen LogP contribution is -2.37. The molecule has 0 saturated heterocycles. The Morgan fingerprint density at radius 2 is 2.00 bits per heavy atom. The molecule has 3 N–H and O–H groups in total. The Labute approximate surface area is 119 Å². The summed E-state index contributed by atoms with van der Waals surface area (Å²) >= 11 is 0. The molecule has 0 aromatic carbocycles. The molecule has 1 aromatic rings. The Morgan fingerprint density at radius 1 is 1.40 bits per heavy atom. The number of aromatic amines is 1. The lowest BCUT2D eigenvalue weighted by Gasteiger charge is -2.28. The molecule has 0 fully saturated rings. The average molecular weight is 281 g/mol. The van der Waals surface area contributed by atoms with Gasteiger partial charge in [0.25, 0.3) is 0 Å². The Morgan fingerprint density at radius 3 is 2.40 bits per heavy atom. The molecule has 6 nitrogen and oxygen atoms in total. The van der Waals surface area contributed by atoms with Gasteiger partial charge in [-0.2, -0.15) is 5.10 Å². The number of hydrogen-bond acceptors (Lipinski definition) is 3. The fourth-order valence-corrected chi connectivity index (χ4v) is 1.74. The van der Waals surface area contributed by atoms with Gasteiger partial charge in [-0.3, -0.25) is 14.7 Å². The third-order valence-corrected chi connectivity index (χ3v) is 3.78. The van der Waals surface area contributed by atoms with E-state index in [9.17, 15) is 14.7 Å². The van der Waals surface area contributed by atoms with E-state index in [-0.39, 0.29) is 24.2 Å². The first-order chi connectivity index (χ1) is 9.16. The SMILES string of the molecule is CC(C)c1cc(NC(=O)CC(C)(C(=O)O)C(C)C)n[nH]1. The van der Waals surface area contributed by atoms with Crippen LogP contribution in [0.25, 0.3) is 0 Å². The summed E-state index contributed by atoms with van der Waals surface area (Å²) in [6.45, 7) is 9.21. The summed E-state index contributed by atoms with van der Waals surface area (Å²) in [6.07, 6.45) is -0.0795. The van der Waals surface area contributed by atoms with Crippen LogP contribution in [0.3, 0.4) is 0 Å². The van der Waals surface area contributed by atoms with E-state index in [1.165, 1.54) is 0 Å². The molecule has 1 unspecified atom stereocenters. The molecule has 0 aliphatic heterocycles. The number of carboxylic acid groups (broad SMARTS) is 1. The third kappa shape index (κ3) is 3.59. The van der Waals surface area contributed by atoms with Gasteiger partial charge in [0.15, 0.2) is 5.82 Å². The fourth-order valence-electron chi connectivity index (χ4n) is 1.74. The maximum Gasteiger partial charge on any atom is 0.310 e. The summed E-state index contributed by atoms with van der Waals surface area (Å²) in [5.74, 6) is -0.739. The largest absolute Gasteiger partial charge is 0.481 e. The van der Waals surface area contributed by atoms with Gasteiger partial charge in [0.1, 0.15) is 0 Å². The highest BCUT2D eigenvalue weighted by atomic mass is 16.4. The average Bonchev–Trinajstić information content (AvgIpc) is 2.76. The Bertz CT molecular complexity index is 494. The highest BCUT2D eigenvalue weighted by Gasteiger charge is 2.38. The zero-order chi connectivity index (χ0) is 15.5. The number of aromatic nitrogens is 2. The number of carbonyl (C=O) groups is 2. The quantitative estimate of drug-likeness (QED) is 0.747. The smallest absolute Gasteiger partial charge is 0.310 e. The van der Waals surface area contributed by atoms with Crippen molar-refractivity contribution in [3.05, 3.63) is 11.8 Å². The number of nitrogens with one attached hydrogen (secondary N) is 2. The topological polar surface area (TPSA) is 95.1 Å². The lowest BCUT2D eigenvalue weighted by atomic mass is 9.76. The summed E-state index contributed by atoms with van der Waals surface area (Å²) in [4.78, 5) is 23.3. The Balaban J connectivity index is 2.73. The Kier molecular flexibility index (Phi) is 4.92. The second-order valence-electron chi connectivity index (χ2n) is 5.97. The first kappa shape index (κ1) is 16.2. The van der Waals surface area contributed by atoms with Crippen LogP contribution in [0, 0.1) is 11.3 Å². The van der Waals surface area contributed by atoms with E-state index in [0.29, 0.717) is 5.82 Å². The second kappa shape index (κ2) is 6.07. The van der Waals surface area contributed by atoms with Crippen molar-refractivity contribution in [3.63, 3.8) is 0 Å². The second-order valence-corrected chi connectivity index (χ2v) is 5.97. The minimum Gasteiger partial charge on any atom is -0.481 e. The molecule has 0 saturated carbocycles. The van der Waals surface area contributed by atoms with Crippen LogP contribution in [0.15, 0.2) is 6.07 Å². The molecule has 6 heteroatoms. The molecule has 0 aliphatic rings. The highest BCUT2D eigenvalue weighted by Crippen LogP contribution is 2.31. The maximum atomic E-state index is 12.0. The molecule has 0 radical (unpaired) electrons. The number of H-pyrrole nitrogens is 1. The van der Waals surface area contributed by atoms with E-state index in [2.05, 4.69) is 15.5 Å². The van der Waals surface area contributed by atoms with Crippen LogP contribution in [-0.2, 0) is 9.59 Å². The first-order valence-electron chi connectivity index (χ1n) is 6.75. The van der Waals surface area contributed by atoms with Crippen molar-refractivity contribution in [2.24, 2.45) is 11.3 Å². The molecule has 1 rings (SSSR count). The van der Waals surface area contributed by atoms with E-state index in [1.54, 1.807) is 26.8 Å². The molecule has 112 valence electrons. The molecule has 1 atom stereocenters. The van der Waals surface area contributed by atoms with Crippen molar-refractivity contribution in [1.82, 2.24) is 10.2 Å². The van der Waals surface area contributed by atoms with Gasteiger partial charge in [-0.05, 0) is 18.8 Å². The minimum atomic E-state index is -1.08. The molecule has 0 bridgehead atoms. The van der Waals surface area contributed by atoms with Gasteiger partial charge < -0.3 is 10.4 Å². The molecule has 20 heavy (non-hydrogen) atoms. The molecule has 1 heterocycles. The van der Waals surface area contributed by atoms with Gasteiger partial charge in [-0.1, -0.05) is 27.7 Å². The summed E-state index contributed by atoms with van der Waals surface area (Å²) < 4.78 is 0. The number of amides is 1. The van der Waals surface area contributed by atoms with Crippen LogP contribution < -0.4 is 5.32 Å². The summed E-state index contributed by atoms with van der Waals surface area (Å²) in [5.41, 5.74) is -0.161. The standard InChI is InChI=1S/C14H23N3O3/c1-8(2)10-6-11(17-16-10)15-12(18)7-14(5,9(3)4)13(19)20/h6,8-9H,7H2,1-5H3,(H,19,20)(H2,15,16,17,18). The van der Waals surface area contributed by atoms with Crippen molar-refractivity contribution in [1.29, 1.82) is 0 Å². The van der Waals surface area contributed by atoms with Gasteiger partial charge in [0.05, 0.1) is 5.41 Å². The Hall–Kier alpha value is -1.85. The predicted molar refractivity (Wildman–Crippen MR) is 76.5 cm³/mol. The molecule has 0 spiro atoms. The fraction of sp³-hybridized carbons (Fsp3) is 0.643. The van der Waals surface area contributed by atoms with Crippen molar-refractivity contribution < 1.29 is 14.7 Å². The summed E-state index contributed by atoms with van der Waals surface area (Å²) in [6, 6.07) is 1.76. The monoisotopic (exact) mass is 281 g/mol. The van der Waals surface area contributed by atoms with Gasteiger partial charge >= 0.3 is 5.97 Å². The van der Waals surface area contributed by atoms with Gasteiger partial charge in [-0.25, -0.2) is 0 Å². The lowest BCUT2D eigenvalue weighted by molar-refractivity contribution is -0.153. The number of anilines is 1. The van der Waals surface area contributed by atoms with Gasteiger partial charge in [0, 0.05) is 18.2 Å². The first-order valence-corrected chi connectivity index (χ1v) is 6.75. The summed E-state index contributed by atoms with van der Waals surface area (Å²) in [5, 5.41) is 18.8. The number of aliphatic carboxylic acids is 1. The zero-order valence-corrected chi connectivity index (χ0v) is 12.7. The number of carbonyl (C=O) groups excluding carboxylic acids is 1. The van der Waals surface area contributed by atoms with Crippen LogP contribution in [0.5, 0.6) is 0 Å². The minimum absolute atomic E-state index is 0.0795. The van der Waals surface area contributed by atoms with E-state index < -0.39 is 11.4 Å². The van der Waals surface area contributed by atoms with E-state index >= 15 is 0 Å². The van der Waals surface area contributed by atoms with E-state index in [4.69, 9.17) is 0 Å². The molecule has 0 aliphatic carbocycles. The molecular weight excluding hydrogens is 258 g/mol. The zero-order valence-electron chi connectivity index (χ0n) is 12.7. The van der Waals surface area contributed by atoms with E-state index in [1.807, 2.05) is 13.8 Å². The van der Waals surface area contributed by atoms with E-state index in [0.717, 1.165) is 5.69 Å². The van der Waals surface area contributed by atoms with Crippen molar-refractivity contribution >= 4 is 17.7 Å². The number of rotatable bonds is 6. The van der Waals surface area contributed by atoms with Crippen LogP contribution in [0.1, 0.15) is 52.7 Å². The molecule has 1 aromatic heterocycles. The number of hydrogen-bond donors (Lipinski definition) is 3. The number of nitrogens with zero attached hydrogens (tertiary/aromatic N) is 1. The summed E-state index contributed by atoms with van der Waals surface area (Å²) in [7, 11) is 0. The van der Waals surface area contributed by atoms with Gasteiger partial charge in [-0.15, -0.1) is 0 Å².